The van der Waals surface area contributed by atoms with Crippen molar-refractivity contribution in [1.29, 1.82) is 0 Å². The highest BCUT2D eigenvalue weighted by Gasteiger charge is 2.29. The monoisotopic (exact) mass is 283 g/mol. The van der Waals surface area contributed by atoms with Gasteiger partial charge in [-0.25, -0.2) is 4.98 Å². The summed E-state index contributed by atoms with van der Waals surface area (Å²) in [5, 5.41) is 0. The van der Waals surface area contributed by atoms with Crippen LogP contribution in [-0.2, 0) is 0 Å². The largest absolute Gasteiger partial charge is 0.336 e. The van der Waals surface area contributed by atoms with E-state index in [1.807, 2.05) is 49.2 Å². The van der Waals surface area contributed by atoms with Crippen LogP contribution in [0.25, 0.3) is 0 Å². The van der Waals surface area contributed by atoms with E-state index in [0.717, 1.165) is 36.5 Å². The van der Waals surface area contributed by atoms with E-state index in [1.54, 1.807) is 0 Å². The number of carbonyl (C=O) groups is 1. The highest BCUT2D eigenvalue weighted by Crippen LogP contribution is 2.26. The normalized spacial score (nSPS) is 18.2. The first-order valence-corrected chi connectivity index (χ1v) is 7.42. The predicted molar refractivity (Wildman–Crippen MR) is 82.4 cm³/mol. The molecule has 0 aliphatic carbocycles. The number of amides is 1. The van der Waals surface area contributed by atoms with Crippen molar-refractivity contribution in [3.05, 3.63) is 53.1 Å². The van der Waals surface area contributed by atoms with Gasteiger partial charge in [0, 0.05) is 30.5 Å². The van der Waals surface area contributed by atoms with Crippen LogP contribution >= 0.6 is 0 Å². The van der Waals surface area contributed by atoms with Gasteiger partial charge in [0.15, 0.2) is 0 Å². The minimum atomic E-state index is 0.136. The molecule has 2 heterocycles. The molecule has 1 atom stereocenters. The van der Waals surface area contributed by atoms with Crippen molar-refractivity contribution < 1.29 is 4.79 Å². The third kappa shape index (κ3) is 2.58. The molecule has 4 nitrogen and oxygen atoms in total. The van der Waals surface area contributed by atoms with Crippen molar-refractivity contribution in [2.45, 2.75) is 33.2 Å². The Morgan fingerprint density at radius 2 is 2.10 bits per heavy atom. The lowest BCUT2D eigenvalue weighted by Gasteiger charge is -2.19. The second-order valence-corrected chi connectivity index (χ2v) is 5.88. The van der Waals surface area contributed by atoms with Crippen molar-refractivity contribution in [1.82, 2.24) is 14.5 Å². The first-order chi connectivity index (χ1) is 10.1. The third-order valence-electron chi connectivity index (χ3n) is 4.25. The molecular weight excluding hydrogens is 262 g/mol. The van der Waals surface area contributed by atoms with Gasteiger partial charge < -0.3 is 9.47 Å². The highest BCUT2D eigenvalue weighted by atomic mass is 16.2. The van der Waals surface area contributed by atoms with E-state index in [-0.39, 0.29) is 5.91 Å². The summed E-state index contributed by atoms with van der Waals surface area (Å²) in [6.07, 6.45) is 2.90. The zero-order chi connectivity index (χ0) is 15.0. The minimum absolute atomic E-state index is 0.136. The Kier molecular flexibility index (Phi) is 3.53. The molecule has 4 heteroatoms. The number of hydrogen-bond donors (Lipinski definition) is 0. The molecule has 1 unspecified atom stereocenters. The number of imidazole rings is 1. The lowest BCUT2D eigenvalue weighted by atomic mass is 10.1. The molecule has 0 bridgehead atoms. The summed E-state index contributed by atoms with van der Waals surface area (Å²) < 4.78 is 2.25. The highest BCUT2D eigenvalue weighted by molar-refractivity contribution is 5.94. The molecule has 1 aliphatic heterocycles. The Labute approximate surface area is 125 Å². The molecule has 0 spiro atoms. The summed E-state index contributed by atoms with van der Waals surface area (Å²) >= 11 is 0. The van der Waals surface area contributed by atoms with Gasteiger partial charge in [-0.1, -0.05) is 17.7 Å². The first-order valence-electron chi connectivity index (χ1n) is 7.42. The lowest BCUT2D eigenvalue weighted by Crippen LogP contribution is -2.29. The van der Waals surface area contributed by atoms with E-state index in [0.29, 0.717) is 6.04 Å². The maximum absolute atomic E-state index is 12.6. The molecule has 3 rings (SSSR count). The van der Waals surface area contributed by atoms with Crippen LogP contribution in [0.5, 0.6) is 0 Å². The fourth-order valence-corrected chi connectivity index (χ4v) is 3.22. The van der Waals surface area contributed by atoms with Crippen molar-refractivity contribution in [3.8, 4) is 0 Å². The number of aromatic nitrogens is 2. The lowest BCUT2D eigenvalue weighted by molar-refractivity contribution is 0.0787. The van der Waals surface area contributed by atoms with Crippen molar-refractivity contribution >= 4 is 5.91 Å². The Hall–Kier alpha value is -2.10. The summed E-state index contributed by atoms with van der Waals surface area (Å²) in [5.41, 5.74) is 3.08. The van der Waals surface area contributed by atoms with Gasteiger partial charge in [-0.15, -0.1) is 0 Å². The maximum Gasteiger partial charge on any atom is 0.253 e. The fraction of sp³-hybridized carbons (Fsp3) is 0.412. The molecule has 1 saturated heterocycles. The minimum Gasteiger partial charge on any atom is -0.336 e. The Morgan fingerprint density at radius 3 is 2.76 bits per heavy atom. The van der Waals surface area contributed by atoms with Crippen LogP contribution in [0.2, 0.25) is 0 Å². The second kappa shape index (κ2) is 5.35. The summed E-state index contributed by atoms with van der Waals surface area (Å²) in [6.45, 7) is 7.70. The molecule has 1 fully saturated rings. The van der Waals surface area contributed by atoms with Crippen LogP contribution in [0.15, 0.2) is 30.5 Å². The van der Waals surface area contributed by atoms with Crippen LogP contribution < -0.4 is 0 Å². The van der Waals surface area contributed by atoms with E-state index in [9.17, 15) is 4.79 Å². The summed E-state index contributed by atoms with van der Waals surface area (Å²) in [7, 11) is 0. The van der Waals surface area contributed by atoms with E-state index in [1.165, 1.54) is 5.69 Å². The molecular formula is C17H21N3O. The average molecular weight is 283 g/mol. The molecule has 1 aromatic heterocycles. The maximum atomic E-state index is 12.6. The van der Waals surface area contributed by atoms with E-state index in [4.69, 9.17) is 0 Å². The fourth-order valence-electron chi connectivity index (χ4n) is 3.22. The van der Waals surface area contributed by atoms with Crippen LogP contribution in [0.3, 0.4) is 0 Å². The number of likely N-dealkylation sites (tertiary alicyclic amines) is 1. The SMILES string of the molecule is Cc1cccc(C(=O)N2CCC(n3c(C)cnc3C)C2)c1. The zero-order valence-electron chi connectivity index (χ0n) is 12.8. The molecule has 21 heavy (non-hydrogen) atoms. The number of nitrogens with zero attached hydrogens (tertiary/aromatic N) is 3. The van der Waals surface area contributed by atoms with Gasteiger partial charge in [0.2, 0.25) is 0 Å². The molecule has 2 aromatic rings. The van der Waals surface area contributed by atoms with Gasteiger partial charge in [0.1, 0.15) is 5.82 Å². The van der Waals surface area contributed by atoms with Gasteiger partial charge >= 0.3 is 0 Å². The quantitative estimate of drug-likeness (QED) is 0.850. The standard InChI is InChI=1S/C17H21N3O/c1-12-5-4-6-15(9-12)17(21)19-8-7-16(11-19)20-13(2)10-18-14(20)3/h4-6,9-10,16H,7-8,11H2,1-3H3. The van der Waals surface area contributed by atoms with Gasteiger partial charge in [-0.2, -0.15) is 0 Å². The third-order valence-corrected chi connectivity index (χ3v) is 4.25. The van der Waals surface area contributed by atoms with Gasteiger partial charge in [-0.05, 0) is 39.3 Å². The van der Waals surface area contributed by atoms with Crippen molar-refractivity contribution in [2.75, 3.05) is 13.1 Å². The Balaban J connectivity index is 1.77. The van der Waals surface area contributed by atoms with Crippen molar-refractivity contribution in [2.24, 2.45) is 0 Å². The van der Waals surface area contributed by atoms with E-state index >= 15 is 0 Å². The number of carbonyl (C=O) groups excluding carboxylic acids is 1. The van der Waals surface area contributed by atoms with Gasteiger partial charge in [0.05, 0.1) is 6.04 Å². The molecule has 0 N–H and O–H groups in total. The number of rotatable bonds is 2. The van der Waals surface area contributed by atoms with Crippen LogP contribution in [0, 0.1) is 20.8 Å². The summed E-state index contributed by atoms with van der Waals surface area (Å²) in [6, 6.07) is 8.17. The summed E-state index contributed by atoms with van der Waals surface area (Å²) in [4.78, 5) is 18.9. The molecule has 110 valence electrons. The molecule has 1 amide bonds. The first kappa shape index (κ1) is 13.9. The molecule has 1 aliphatic rings. The molecule has 0 saturated carbocycles. The predicted octanol–water partition coefficient (Wildman–Crippen LogP) is 2.90. The average Bonchev–Trinajstić information content (AvgIpc) is 3.05. The van der Waals surface area contributed by atoms with Crippen molar-refractivity contribution in [3.63, 3.8) is 0 Å². The van der Waals surface area contributed by atoms with E-state index < -0.39 is 0 Å². The smallest absolute Gasteiger partial charge is 0.253 e. The zero-order valence-corrected chi connectivity index (χ0v) is 12.8. The Bertz CT molecular complexity index is 655. The van der Waals surface area contributed by atoms with E-state index in [2.05, 4.69) is 16.5 Å². The number of benzene rings is 1. The topological polar surface area (TPSA) is 38.1 Å². The van der Waals surface area contributed by atoms with Gasteiger partial charge in [0.25, 0.3) is 5.91 Å². The second-order valence-electron chi connectivity index (χ2n) is 5.88. The van der Waals surface area contributed by atoms with Gasteiger partial charge in [-0.3, -0.25) is 4.79 Å². The van der Waals surface area contributed by atoms with Crippen LogP contribution in [0.4, 0.5) is 0 Å². The molecule has 1 aromatic carbocycles. The number of hydrogen-bond acceptors (Lipinski definition) is 2. The van der Waals surface area contributed by atoms with Crippen LogP contribution in [-0.4, -0.2) is 33.4 Å². The molecule has 0 radical (unpaired) electrons. The van der Waals surface area contributed by atoms with Crippen LogP contribution in [0.1, 0.15) is 39.9 Å². The Morgan fingerprint density at radius 1 is 1.29 bits per heavy atom. The summed E-state index contributed by atoms with van der Waals surface area (Å²) in [5.74, 6) is 1.17. The number of aryl methyl sites for hydroxylation is 3.